The summed E-state index contributed by atoms with van der Waals surface area (Å²) in [6.07, 6.45) is 5.28. The van der Waals surface area contributed by atoms with Gasteiger partial charge in [-0.15, -0.1) is 0 Å². The van der Waals surface area contributed by atoms with Crippen molar-refractivity contribution in [1.82, 2.24) is 0 Å². The van der Waals surface area contributed by atoms with E-state index in [1.54, 1.807) is 0 Å². The number of nitrogen functional groups attached to an aromatic ring is 2. The maximum atomic E-state index is 5.87. The summed E-state index contributed by atoms with van der Waals surface area (Å²) < 4.78 is 0. The van der Waals surface area contributed by atoms with Crippen molar-refractivity contribution in [2.24, 2.45) is 0 Å². The first-order chi connectivity index (χ1) is 16.0. The Kier molecular flexibility index (Phi) is 7.14. The van der Waals surface area contributed by atoms with Gasteiger partial charge in [-0.2, -0.15) is 0 Å². The predicted octanol–water partition coefficient (Wildman–Crippen LogP) is 6.82. The van der Waals surface area contributed by atoms with Crippen molar-refractivity contribution in [3.05, 3.63) is 129 Å². The zero-order valence-electron chi connectivity index (χ0n) is 19.8. The Balaban J connectivity index is 1.26. The van der Waals surface area contributed by atoms with E-state index in [1.165, 1.54) is 44.5 Å². The zero-order valence-corrected chi connectivity index (χ0v) is 19.8. The molecule has 33 heavy (non-hydrogen) atoms. The number of nitrogens with two attached hydrogens (primary N) is 2. The van der Waals surface area contributed by atoms with Crippen LogP contribution in [0.15, 0.2) is 84.9 Å². The number of hydrogen-bond donors (Lipinski definition) is 2. The summed E-state index contributed by atoms with van der Waals surface area (Å²) in [4.78, 5) is 0. The second kappa shape index (κ2) is 10.4. The molecule has 0 atom stereocenters. The lowest BCUT2D eigenvalue weighted by molar-refractivity contribution is 0.819. The molecule has 0 bridgehead atoms. The van der Waals surface area contributed by atoms with E-state index in [-0.39, 0.29) is 0 Å². The topological polar surface area (TPSA) is 52.0 Å². The van der Waals surface area contributed by atoms with Gasteiger partial charge in [-0.05, 0) is 115 Å². The minimum atomic E-state index is 0.832. The fraction of sp³-hybridized carbons (Fsp3) is 0.226. The molecule has 0 aromatic heterocycles. The van der Waals surface area contributed by atoms with Gasteiger partial charge < -0.3 is 11.5 Å². The van der Waals surface area contributed by atoms with Gasteiger partial charge in [0, 0.05) is 11.4 Å². The largest absolute Gasteiger partial charge is 0.399 e. The van der Waals surface area contributed by atoms with Gasteiger partial charge in [0.15, 0.2) is 0 Å². The Bertz CT molecular complexity index is 1110. The van der Waals surface area contributed by atoms with Crippen molar-refractivity contribution in [2.75, 3.05) is 11.5 Å². The average molecular weight is 435 g/mol. The SMILES string of the molecule is Cc1cc(N)ccc1Cc1ccc(CCCc2ccc(Cc3ccc(N)cc3C)cc2)cc1. The summed E-state index contributed by atoms with van der Waals surface area (Å²) in [6.45, 7) is 4.26. The molecule has 0 amide bonds. The summed E-state index contributed by atoms with van der Waals surface area (Å²) >= 11 is 0. The van der Waals surface area contributed by atoms with Crippen molar-refractivity contribution in [3.63, 3.8) is 0 Å². The lowest BCUT2D eigenvalue weighted by atomic mass is 9.97. The molecule has 2 nitrogen and oxygen atoms in total. The number of anilines is 2. The smallest absolute Gasteiger partial charge is 0.0316 e. The molecular formula is C31H34N2. The maximum Gasteiger partial charge on any atom is 0.0316 e. The van der Waals surface area contributed by atoms with Gasteiger partial charge in [-0.25, -0.2) is 0 Å². The first-order valence-electron chi connectivity index (χ1n) is 11.8. The minimum absolute atomic E-state index is 0.832. The zero-order chi connectivity index (χ0) is 23.2. The quantitative estimate of drug-likeness (QED) is 0.299. The molecule has 0 radical (unpaired) electrons. The van der Waals surface area contributed by atoms with Gasteiger partial charge in [0.1, 0.15) is 0 Å². The van der Waals surface area contributed by atoms with E-state index < -0.39 is 0 Å². The van der Waals surface area contributed by atoms with E-state index in [0.29, 0.717) is 0 Å². The number of hydrogen-bond acceptors (Lipinski definition) is 2. The molecule has 4 rings (SSSR count). The van der Waals surface area contributed by atoms with Crippen LogP contribution in [0, 0.1) is 13.8 Å². The molecule has 0 heterocycles. The molecule has 4 N–H and O–H groups in total. The highest BCUT2D eigenvalue weighted by Gasteiger charge is 2.04. The second-order valence-corrected chi connectivity index (χ2v) is 9.21. The van der Waals surface area contributed by atoms with Crippen LogP contribution in [0.3, 0.4) is 0 Å². The van der Waals surface area contributed by atoms with E-state index >= 15 is 0 Å². The minimum Gasteiger partial charge on any atom is -0.399 e. The van der Waals surface area contributed by atoms with E-state index in [1.807, 2.05) is 12.1 Å². The van der Waals surface area contributed by atoms with Crippen LogP contribution in [0.25, 0.3) is 0 Å². The molecule has 0 saturated carbocycles. The van der Waals surface area contributed by atoms with Crippen molar-refractivity contribution < 1.29 is 0 Å². The summed E-state index contributed by atoms with van der Waals surface area (Å²) in [5, 5.41) is 0. The Morgan fingerprint density at radius 1 is 0.485 bits per heavy atom. The van der Waals surface area contributed by atoms with E-state index in [4.69, 9.17) is 11.5 Å². The fourth-order valence-corrected chi connectivity index (χ4v) is 4.42. The molecule has 4 aromatic carbocycles. The standard InChI is InChI=1S/C31H34N2/c1-22-18-30(32)16-14-28(22)20-26-10-6-24(7-11-26)4-3-5-25-8-12-27(13-9-25)21-29-15-17-31(33)19-23(29)2/h6-19H,3-5,20-21,32-33H2,1-2H3. The monoisotopic (exact) mass is 434 g/mol. The Morgan fingerprint density at radius 3 is 1.21 bits per heavy atom. The Labute approximate surface area is 198 Å². The van der Waals surface area contributed by atoms with Crippen LogP contribution in [0.4, 0.5) is 11.4 Å². The van der Waals surface area contributed by atoms with Crippen LogP contribution in [0.5, 0.6) is 0 Å². The number of rotatable bonds is 8. The third-order valence-corrected chi connectivity index (χ3v) is 6.50. The van der Waals surface area contributed by atoms with Crippen LogP contribution in [0.2, 0.25) is 0 Å². The van der Waals surface area contributed by atoms with Crippen LogP contribution in [-0.2, 0) is 25.7 Å². The molecule has 0 aliphatic heterocycles. The summed E-state index contributed by atoms with van der Waals surface area (Å²) in [7, 11) is 0. The van der Waals surface area contributed by atoms with Gasteiger partial charge in [0.05, 0.1) is 0 Å². The highest BCUT2D eigenvalue weighted by atomic mass is 14.5. The fourth-order valence-electron chi connectivity index (χ4n) is 4.42. The molecule has 4 aromatic rings. The molecule has 168 valence electrons. The molecule has 2 heteroatoms. The number of benzene rings is 4. The van der Waals surface area contributed by atoms with Gasteiger partial charge >= 0.3 is 0 Å². The van der Waals surface area contributed by atoms with Gasteiger partial charge in [0.2, 0.25) is 0 Å². The summed E-state index contributed by atoms with van der Waals surface area (Å²) in [5.74, 6) is 0. The van der Waals surface area contributed by atoms with E-state index in [2.05, 4.69) is 86.6 Å². The van der Waals surface area contributed by atoms with Crippen LogP contribution in [0.1, 0.15) is 50.9 Å². The predicted molar refractivity (Wildman–Crippen MR) is 142 cm³/mol. The maximum absolute atomic E-state index is 5.87. The highest BCUT2D eigenvalue weighted by molar-refractivity contribution is 5.46. The lowest BCUT2D eigenvalue weighted by Gasteiger charge is -2.09. The Morgan fingerprint density at radius 2 is 0.848 bits per heavy atom. The molecule has 0 spiro atoms. The normalized spacial score (nSPS) is 11.0. The van der Waals surface area contributed by atoms with E-state index in [0.717, 1.165) is 43.5 Å². The van der Waals surface area contributed by atoms with Gasteiger partial charge in [0.25, 0.3) is 0 Å². The lowest BCUT2D eigenvalue weighted by Crippen LogP contribution is -1.96. The average Bonchev–Trinajstić information content (AvgIpc) is 2.80. The molecule has 0 unspecified atom stereocenters. The van der Waals surface area contributed by atoms with Crippen molar-refractivity contribution in [2.45, 2.75) is 46.0 Å². The second-order valence-electron chi connectivity index (χ2n) is 9.21. The summed E-state index contributed by atoms with van der Waals surface area (Å²) in [5.41, 5.74) is 24.1. The van der Waals surface area contributed by atoms with Crippen molar-refractivity contribution in [1.29, 1.82) is 0 Å². The molecule has 0 aliphatic carbocycles. The third-order valence-electron chi connectivity index (χ3n) is 6.50. The van der Waals surface area contributed by atoms with Gasteiger partial charge in [-0.3, -0.25) is 0 Å². The first-order valence-corrected chi connectivity index (χ1v) is 11.8. The van der Waals surface area contributed by atoms with Crippen molar-refractivity contribution in [3.8, 4) is 0 Å². The Hall–Kier alpha value is -3.52. The highest BCUT2D eigenvalue weighted by Crippen LogP contribution is 2.19. The number of aryl methyl sites for hydroxylation is 4. The van der Waals surface area contributed by atoms with Crippen LogP contribution in [-0.4, -0.2) is 0 Å². The van der Waals surface area contributed by atoms with Crippen LogP contribution < -0.4 is 11.5 Å². The van der Waals surface area contributed by atoms with Gasteiger partial charge in [-0.1, -0.05) is 60.7 Å². The third kappa shape index (κ3) is 6.26. The molecule has 0 saturated heterocycles. The molecule has 0 aliphatic rings. The molecular weight excluding hydrogens is 400 g/mol. The first kappa shape index (κ1) is 22.7. The van der Waals surface area contributed by atoms with E-state index in [9.17, 15) is 0 Å². The van der Waals surface area contributed by atoms with Crippen LogP contribution >= 0.6 is 0 Å². The van der Waals surface area contributed by atoms with Crippen molar-refractivity contribution >= 4 is 11.4 Å². The summed E-state index contributed by atoms with van der Waals surface area (Å²) in [6, 6.07) is 30.5. The molecule has 0 fully saturated rings.